The molecule has 0 bridgehead atoms. The summed E-state index contributed by atoms with van der Waals surface area (Å²) in [7, 11) is 0. The molecule has 0 aliphatic carbocycles. The van der Waals surface area contributed by atoms with Crippen LogP contribution in [0.1, 0.15) is 16.7 Å². The normalized spacial score (nSPS) is 15.1. The lowest BCUT2D eigenvalue weighted by Crippen LogP contribution is -2.40. The monoisotopic (exact) mass is 404 g/mol. The lowest BCUT2D eigenvalue weighted by atomic mass is 9.76. The van der Waals surface area contributed by atoms with Gasteiger partial charge in [0, 0.05) is 32.7 Å². The number of rotatable bonds is 0. The first-order valence-electron chi connectivity index (χ1n) is 9.99. The van der Waals surface area contributed by atoms with Gasteiger partial charge in [0.15, 0.2) is 5.60 Å². The number of hydrogen-bond acceptors (Lipinski definition) is 3. The van der Waals surface area contributed by atoms with E-state index in [4.69, 9.17) is 9.84 Å². The summed E-state index contributed by atoms with van der Waals surface area (Å²) in [5.41, 5.74) is 5.80. The highest BCUT2D eigenvalue weighted by Crippen LogP contribution is 2.58. The molecule has 1 spiro atoms. The maximum absolute atomic E-state index is 7.04. The molecule has 0 saturated carbocycles. The molecule has 0 unspecified atom stereocenters. The third-order valence-corrected chi connectivity index (χ3v) is 7.20. The van der Waals surface area contributed by atoms with Crippen molar-refractivity contribution in [1.29, 1.82) is 0 Å². The van der Waals surface area contributed by atoms with Gasteiger partial charge in [-0.3, -0.25) is 0 Å². The highest BCUT2D eigenvalue weighted by atomic mass is 32.2. The van der Waals surface area contributed by atoms with Crippen LogP contribution in [0.4, 0.5) is 0 Å². The van der Waals surface area contributed by atoms with Crippen molar-refractivity contribution in [3.8, 4) is 17.0 Å². The van der Waals surface area contributed by atoms with E-state index in [1.807, 2.05) is 28.9 Å². The van der Waals surface area contributed by atoms with E-state index in [9.17, 15) is 0 Å². The molecule has 5 aromatic rings. The minimum Gasteiger partial charge on any atom is -0.472 e. The van der Waals surface area contributed by atoms with Crippen LogP contribution in [0.15, 0.2) is 107 Å². The third-order valence-electron chi connectivity index (χ3n) is 6.05. The van der Waals surface area contributed by atoms with E-state index < -0.39 is 5.60 Å². The first-order valence-corrected chi connectivity index (χ1v) is 10.8. The van der Waals surface area contributed by atoms with Crippen molar-refractivity contribution in [2.75, 3.05) is 0 Å². The maximum Gasteiger partial charge on any atom is 0.191 e. The zero-order valence-corrected chi connectivity index (χ0v) is 16.8. The molecule has 0 amide bonds. The molecule has 7 rings (SSSR count). The molecule has 2 aromatic heterocycles. The van der Waals surface area contributed by atoms with Gasteiger partial charge < -0.3 is 4.74 Å². The topological polar surface area (TPSA) is 26.5 Å². The van der Waals surface area contributed by atoms with E-state index in [0.29, 0.717) is 0 Å². The lowest BCUT2D eigenvalue weighted by molar-refractivity contribution is 0.146. The largest absolute Gasteiger partial charge is 0.472 e. The molecule has 2 aliphatic heterocycles. The van der Waals surface area contributed by atoms with Gasteiger partial charge in [-0.05, 0) is 36.4 Å². The summed E-state index contributed by atoms with van der Waals surface area (Å²) in [5.74, 6) is 0.866. The van der Waals surface area contributed by atoms with Crippen LogP contribution in [-0.2, 0) is 5.60 Å². The molecule has 4 heteroatoms. The Balaban J connectivity index is 1.71. The zero-order chi connectivity index (χ0) is 19.7. The summed E-state index contributed by atoms with van der Waals surface area (Å²) < 4.78 is 9.02. The number of nitrogens with zero attached hydrogens (tertiary/aromatic N) is 2. The number of ether oxygens (including phenoxy) is 1. The van der Waals surface area contributed by atoms with Gasteiger partial charge in [-0.25, -0.2) is 4.52 Å². The molecule has 0 saturated heterocycles. The van der Waals surface area contributed by atoms with Crippen LogP contribution in [0, 0.1) is 0 Å². The molecular formula is C26H16N2OS. The number of fused-ring (bicyclic) bond motifs is 10. The molecule has 0 fully saturated rings. The first kappa shape index (κ1) is 16.3. The number of aromatic nitrogens is 2. The van der Waals surface area contributed by atoms with Crippen LogP contribution in [0.5, 0.6) is 5.75 Å². The summed E-state index contributed by atoms with van der Waals surface area (Å²) in [4.78, 5) is 2.44. The second-order valence-corrected chi connectivity index (χ2v) is 8.71. The Bertz CT molecular complexity index is 1420. The molecule has 142 valence electrons. The quantitative estimate of drug-likeness (QED) is 0.310. The van der Waals surface area contributed by atoms with Crippen LogP contribution in [-0.4, -0.2) is 9.61 Å². The summed E-state index contributed by atoms with van der Waals surface area (Å²) in [6, 6.07) is 31.6. The van der Waals surface area contributed by atoms with E-state index in [1.165, 1.54) is 20.9 Å². The lowest BCUT2D eigenvalue weighted by Gasteiger charge is -2.43. The Labute approximate surface area is 177 Å². The number of pyridine rings is 1. The fourth-order valence-corrected chi connectivity index (χ4v) is 6.01. The predicted molar refractivity (Wildman–Crippen MR) is 118 cm³/mol. The summed E-state index contributed by atoms with van der Waals surface area (Å²) in [6.45, 7) is 0. The minimum atomic E-state index is -0.745. The van der Waals surface area contributed by atoms with Crippen LogP contribution < -0.4 is 4.74 Å². The van der Waals surface area contributed by atoms with Crippen LogP contribution in [0.25, 0.3) is 16.8 Å². The van der Waals surface area contributed by atoms with Crippen LogP contribution >= 0.6 is 11.8 Å². The summed E-state index contributed by atoms with van der Waals surface area (Å²) in [5, 5.41) is 5.02. The Kier molecular flexibility index (Phi) is 3.14. The number of para-hydroxylation sites is 1. The highest BCUT2D eigenvalue weighted by molar-refractivity contribution is 7.99. The van der Waals surface area contributed by atoms with Gasteiger partial charge in [0.1, 0.15) is 11.4 Å². The Hall–Kier alpha value is -3.50. The Morgan fingerprint density at radius 2 is 1.40 bits per heavy atom. The van der Waals surface area contributed by atoms with Crippen molar-refractivity contribution in [2.45, 2.75) is 15.4 Å². The van der Waals surface area contributed by atoms with Gasteiger partial charge >= 0.3 is 0 Å². The minimum absolute atomic E-state index is 0.745. The first-order chi connectivity index (χ1) is 14.9. The van der Waals surface area contributed by atoms with Gasteiger partial charge in [0.2, 0.25) is 0 Å². The van der Waals surface area contributed by atoms with E-state index in [1.54, 1.807) is 11.8 Å². The van der Waals surface area contributed by atoms with Crippen LogP contribution in [0.3, 0.4) is 0 Å². The van der Waals surface area contributed by atoms with Gasteiger partial charge in [0.05, 0.1) is 11.1 Å². The second-order valence-electron chi connectivity index (χ2n) is 7.63. The standard InChI is InChI=1S/C26H16N2OS/c1-4-13-21-17(9-1)25-24(20-12-7-8-16-28(20)27-25)26(29-21)18-10-2-5-14-22(18)30-23-15-6-3-11-19(23)26/h1-16H. The van der Waals surface area contributed by atoms with Crippen molar-refractivity contribution < 1.29 is 4.74 Å². The highest BCUT2D eigenvalue weighted by Gasteiger charge is 2.51. The number of benzene rings is 3. The fraction of sp³-hybridized carbons (Fsp3) is 0.0385. The van der Waals surface area contributed by atoms with Gasteiger partial charge in [-0.2, -0.15) is 5.10 Å². The van der Waals surface area contributed by atoms with Crippen LogP contribution in [0.2, 0.25) is 0 Å². The zero-order valence-electron chi connectivity index (χ0n) is 15.9. The molecule has 30 heavy (non-hydrogen) atoms. The van der Waals surface area contributed by atoms with Crippen molar-refractivity contribution in [2.24, 2.45) is 0 Å². The third kappa shape index (κ3) is 1.94. The molecule has 2 aliphatic rings. The van der Waals surface area contributed by atoms with Gasteiger partial charge in [-0.15, -0.1) is 0 Å². The van der Waals surface area contributed by atoms with E-state index >= 15 is 0 Å². The molecule has 4 heterocycles. The molecule has 0 N–H and O–H groups in total. The van der Waals surface area contributed by atoms with Crippen molar-refractivity contribution in [1.82, 2.24) is 9.61 Å². The molecule has 3 aromatic carbocycles. The molecule has 0 atom stereocenters. The molecular weight excluding hydrogens is 388 g/mol. The average Bonchev–Trinajstić information content (AvgIpc) is 3.20. The summed E-state index contributed by atoms with van der Waals surface area (Å²) in [6.07, 6.45) is 2.01. The van der Waals surface area contributed by atoms with Crippen molar-refractivity contribution >= 4 is 17.3 Å². The second kappa shape index (κ2) is 5.77. The van der Waals surface area contributed by atoms with Gasteiger partial charge in [0.25, 0.3) is 0 Å². The average molecular weight is 404 g/mol. The molecule has 3 nitrogen and oxygen atoms in total. The predicted octanol–water partition coefficient (Wildman–Crippen LogP) is 6.15. The summed E-state index contributed by atoms with van der Waals surface area (Å²) >= 11 is 1.81. The van der Waals surface area contributed by atoms with E-state index in [-0.39, 0.29) is 0 Å². The Morgan fingerprint density at radius 1 is 0.733 bits per heavy atom. The molecule has 0 radical (unpaired) electrons. The fourth-order valence-electron chi connectivity index (χ4n) is 4.84. The van der Waals surface area contributed by atoms with Crippen molar-refractivity contribution in [3.63, 3.8) is 0 Å². The van der Waals surface area contributed by atoms with Crippen molar-refractivity contribution in [3.05, 3.63) is 114 Å². The van der Waals surface area contributed by atoms with Gasteiger partial charge in [-0.1, -0.05) is 66.4 Å². The smallest absolute Gasteiger partial charge is 0.191 e. The Morgan fingerprint density at radius 3 is 2.20 bits per heavy atom. The maximum atomic E-state index is 7.04. The van der Waals surface area contributed by atoms with E-state index in [2.05, 4.69) is 72.8 Å². The van der Waals surface area contributed by atoms with E-state index in [0.717, 1.165) is 28.1 Å². The number of hydrogen-bond donors (Lipinski definition) is 0. The SMILES string of the molecule is c1ccc2c(c1)OC1(c3ccccc3Sc3ccccc31)c1c-2nn2ccccc12.